The molecule has 0 heterocycles. The normalized spacial score (nSPS) is 10.8. The van der Waals surface area contributed by atoms with Crippen molar-refractivity contribution in [2.24, 2.45) is 0 Å². The summed E-state index contributed by atoms with van der Waals surface area (Å²) in [6, 6.07) is 5.02. The molecule has 0 saturated carbocycles. The maximum atomic E-state index is 11.6. The minimum absolute atomic E-state index is 0.0629. The quantitative estimate of drug-likeness (QED) is 0.254. The Labute approximate surface area is 129 Å². The third-order valence-corrected chi connectivity index (χ3v) is 2.67. The first kappa shape index (κ1) is 17.1. The molecule has 0 aliphatic rings. The number of hydrogen-bond donors (Lipinski definition) is 0. The maximum absolute atomic E-state index is 11.6. The highest BCUT2D eigenvalue weighted by molar-refractivity contribution is 9.10. The lowest BCUT2D eigenvalue weighted by molar-refractivity contribution is -0.384. The molecule has 0 amide bonds. The molecule has 8 heteroatoms. The lowest BCUT2D eigenvalue weighted by Crippen LogP contribution is -2.28. The molecule has 114 valence electrons. The predicted molar refractivity (Wildman–Crippen MR) is 77.3 cm³/mol. The topological polar surface area (TPSA) is 95.7 Å². The SMILES string of the molecule is CC(C)(Br)C(=O)OCCOC(=O)c1ccc([N+](=O)[O-])cc1. The number of carbonyl (C=O) groups excluding carboxylic acids is 2. The van der Waals surface area contributed by atoms with Gasteiger partial charge < -0.3 is 9.47 Å². The number of non-ortho nitro benzene ring substituents is 1. The van der Waals surface area contributed by atoms with Gasteiger partial charge in [-0.1, -0.05) is 15.9 Å². The van der Waals surface area contributed by atoms with E-state index in [1.54, 1.807) is 13.8 Å². The van der Waals surface area contributed by atoms with E-state index in [2.05, 4.69) is 15.9 Å². The second-order valence-corrected chi connectivity index (χ2v) is 6.53. The summed E-state index contributed by atoms with van der Waals surface area (Å²) in [4.78, 5) is 32.9. The maximum Gasteiger partial charge on any atom is 0.338 e. The number of nitrogens with zero attached hydrogens (tertiary/aromatic N) is 1. The van der Waals surface area contributed by atoms with Gasteiger partial charge in [0.1, 0.15) is 17.5 Å². The van der Waals surface area contributed by atoms with Crippen LogP contribution in [0.1, 0.15) is 24.2 Å². The Morgan fingerprint density at radius 2 is 1.71 bits per heavy atom. The summed E-state index contributed by atoms with van der Waals surface area (Å²) in [6.07, 6.45) is 0. The van der Waals surface area contributed by atoms with Gasteiger partial charge in [-0.05, 0) is 26.0 Å². The molecule has 1 rings (SSSR count). The number of esters is 2. The number of carbonyl (C=O) groups is 2. The number of hydrogen-bond acceptors (Lipinski definition) is 6. The van der Waals surface area contributed by atoms with Crippen LogP contribution in [-0.4, -0.2) is 34.4 Å². The van der Waals surface area contributed by atoms with Gasteiger partial charge in [-0.25, -0.2) is 4.79 Å². The number of alkyl halides is 1. The third-order valence-electron chi connectivity index (χ3n) is 2.35. The molecule has 0 aliphatic heterocycles. The molecule has 1 aromatic carbocycles. The number of ether oxygens (including phenoxy) is 2. The van der Waals surface area contributed by atoms with E-state index < -0.39 is 21.2 Å². The van der Waals surface area contributed by atoms with Crippen LogP contribution in [0.15, 0.2) is 24.3 Å². The standard InChI is InChI=1S/C13H14BrNO6/c1-13(2,14)12(17)21-8-7-20-11(16)9-3-5-10(6-4-9)15(18)19/h3-6H,7-8H2,1-2H3. The predicted octanol–water partition coefficient (Wildman–Crippen LogP) is 2.47. The monoisotopic (exact) mass is 359 g/mol. The Hall–Kier alpha value is -1.96. The first-order valence-corrected chi connectivity index (χ1v) is 6.79. The minimum Gasteiger partial charge on any atom is -0.461 e. The highest BCUT2D eigenvalue weighted by Gasteiger charge is 2.25. The van der Waals surface area contributed by atoms with E-state index in [1.807, 2.05) is 0 Å². The van der Waals surface area contributed by atoms with Gasteiger partial charge in [0.15, 0.2) is 0 Å². The zero-order valence-electron chi connectivity index (χ0n) is 11.5. The van der Waals surface area contributed by atoms with E-state index in [0.29, 0.717) is 0 Å². The van der Waals surface area contributed by atoms with Crippen molar-refractivity contribution < 1.29 is 24.0 Å². The van der Waals surface area contributed by atoms with Crippen LogP contribution < -0.4 is 0 Å². The van der Waals surface area contributed by atoms with E-state index in [1.165, 1.54) is 24.3 Å². The van der Waals surface area contributed by atoms with E-state index in [4.69, 9.17) is 9.47 Å². The second kappa shape index (κ2) is 7.16. The summed E-state index contributed by atoms with van der Waals surface area (Å²) in [7, 11) is 0. The molecule has 7 nitrogen and oxygen atoms in total. The summed E-state index contributed by atoms with van der Waals surface area (Å²) in [5.41, 5.74) is 0.0766. The largest absolute Gasteiger partial charge is 0.461 e. The van der Waals surface area contributed by atoms with Crippen LogP contribution in [0.3, 0.4) is 0 Å². The van der Waals surface area contributed by atoms with Gasteiger partial charge in [-0.15, -0.1) is 0 Å². The molecule has 0 aromatic heterocycles. The van der Waals surface area contributed by atoms with Gasteiger partial charge in [0.2, 0.25) is 0 Å². The van der Waals surface area contributed by atoms with Crippen LogP contribution in [0.2, 0.25) is 0 Å². The van der Waals surface area contributed by atoms with Crippen LogP contribution in [0.4, 0.5) is 5.69 Å². The Kier molecular flexibility index (Phi) is 5.83. The van der Waals surface area contributed by atoms with Gasteiger partial charge in [-0.2, -0.15) is 0 Å². The van der Waals surface area contributed by atoms with E-state index >= 15 is 0 Å². The van der Waals surface area contributed by atoms with Crippen molar-refractivity contribution in [3.8, 4) is 0 Å². The number of rotatable bonds is 6. The van der Waals surface area contributed by atoms with Gasteiger partial charge in [0, 0.05) is 12.1 Å². The number of benzene rings is 1. The first-order valence-electron chi connectivity index (χ1n) is 5.99. The molecule has 0 atom stereocenters. The van der Waals surface area contributed by atoms with E-state index in [9.17, 15) is 19.7 Å². The Morgan fingerprint density at radius 3 is 2.19 bits per heavy atom. The fourth-order valence-electron chi connectivity index (χ4n) is 1.24. The molecular weight excluding hydrogens is 346 g/mol. The van der Waals surface area contributed by atoms with Crippen molar-refractivity contribution >= 4 is 33.6 Å². The van der Waals surface area contributed by atoms with Crippen LogP contribution >= 0.6 is 15.9 Å². The first-order chi connectivity index (χ1) is 9.71. The molecule has 0 N–H and O–H groups in total. The van der Waals surface area contributed by atoms with Gasteiger partial charge in [0.25, 0.3) is 5.69 Å². The van der Waals surface area contributed by atoms with Gasteiger partial charge in [0.05, 0.1) is 10.5 Å². The zero-order chi connectivity index (χ0) is 16.0. The lowest BCUT2D eigenvalue weighted by atomic mass is 10.2. The van der Waals surface area contributed by atoms with Crippen molar-refractivity contribution in [1.82, 2.24) is 0 Å². The van der Waals surface area contributed by atoms with Crippen molar-refractivity contribution in [2.45, 2.75) is 18.2 Å². The molecule has 0 aliphatic carbocycles. The zero-order valence-corrected chi connectivity index (χ0v) is 13.1. The molecular formula is C13H14BrNO6. The third kappa shape index (κ3) is 5.50. The summed E-state index contributed by atoms with van der Waals surface area (Å²) in [6.45, 7) is 3.12. The van der Waals surface area contributed by atoms with Crippen LogP contribution in [0.25, 0.3) is 0 Å². The molecule has 0 fully saturated rings. The molecule has 21 heavy (non-hydrogen) atoms. The molecule has 1 aromatic rings. The van der Waals surface area contributed by atoms with Crippen molar-refractivity contribution in [3.05, 3.63) is 39.9 Å². The molecule has 0 bridgehead atoms. The summed E-state index contributed by atoms with van der Waals surface area (Å²) in [5, 5.41) is 10.5. The van der Waals surface area contributed by atoms with Gasteiger partial charge in [-0.3, -0.25) is 14.9 Å². The molecule has 0 unspecified atom stereocenters. The van der Waals surface area contributed by atoms with Crippen LogP contribution in [-0.2, 0) is 14.3 Å². The number of halogens is 1. The fourth-order valence-corrected chi connectivity index (χ4v) is 1.36. The number of nitro benzene ring substituents is 1. The van der Waals surface area contributed by atoms with E-state index in [-0.39, 0.29) is 24.5 Å². The highest BCUT2D eigenvalue weighted by Crippen LogP contribution is 2.17. The molecule has 0 spiro atoms. The van der Waals surface area contributed by atoms with Crippen molar-refractivity contribution in [1.29, 1.82) is 0 Å². The summed E-state index contributed by atoms with van der Waals surface area (Å²) in [5.74, 6) is -1.10. The fraction of sp³-hybridized carbons (Fsp3) is 0.385. The average Bonchev–Trinajstić information content (AvgIpc) is 2.42. The van der Waals surface area contributed by atoms with Gasteiger partial charge >= 0.3 is 11.9 Å². The lowest BCUT2D eigenvalue weighted by Gasteiger charge is -2.14. The molecule has 0 radical (unpaired) electrons. The van der Waals surface area contributed by atoms with Crippen LogP contribution in [0, 0.1) is 10.1 Å². The Bertz CT molecular complexity index is 535. The second-order valence-electron chi connectivity index (χ2n) is 4.55. The number of nitro groups is 1. The minimum atomic E-state index is -0.796. The summed E-state index contributed by atoms with van der Waals surface area (Å²) < 4.78 is 8.98. The van der Waals surface area contributed by atoms with Crippen LogP contribution in [0.5, 0.6) is 0 Å². The van der Waals surface area contributed by atoms with E-state index in [0.717, 1.165) is 0 Å². The van der Waals surface area contributed by atoms with Crippen molar-refractivity contribution in [2.75, 3.05) is 13.2 Å². The smallest absolute Gasteiger partial charge is 0.338 e. The Morgan fingerprint density at radius 1 is 1.19 bits per heavy atom. The van der Waals surface area contributed by atoms with Crippen molar-refractivity contribution in [3.63, 3.8) is 0 Å². The molecule has 0 saturated heterocycles. The average molecular weight is 360 g/mol. The highest BCUT2D eigenvalue weighted by atomic mass is 79.9. The summed E-state index contributed by atoms with van der Waals surface area (Å²) >= 11 is 3.14. The Balaban J connectivity index is 2.41.